The minimum absolute atomic E-state index is 0. The van der Waals surface area contributed by atoms with Gasteiger partial charge in [0, 0.05) is 22.4 Å². The zero-order valence-corrected chi connectivity index (χ0v) is 18.7. The summed E-state index contributed by atoms with van der Waals surface area (Å²) in [6.45, 7) is 10.3. The van der Waals surface area contributed by atoms with Crippen LogP contribution in [0.5, 0.6) is 0 Å². The number of guanidine groups is 1. The first-order valence-electron chi connectivity index (χ1n) is 8.50. The maximum Gasteiger partial charge on any atom is 0.192 e. The summed E-state index contributed by atoms with van der Waals surface area (Å²) < 4.78 is 5.94. The summed E-state index contributed by atoms with van der Waals surface area (Å²) in [5.41, 5.74) is 3.17. The lowest BCUT2D eigenvalue weighted by atomic mass is 10.1. The first-order valence-corrected chi connectivity index (χ1v) is 9.32. The van der Waals surface area contributed by atoms with Gasteiger partial charge in [-0.3, -0.25) is 0 Å². The maximum atomic E-state index is 5.94. The number of aryl methyl sites for hydroxylation is 3. The molecule has 0 unspecified atom stereocenters. The van der Waals surface area contributed by atoms with Crippen molar-refractivity contribution >= 4 is 52.2 Å². The first-order chi connectivity index (χ1) is 12.1. The molecule has 2 heterocycles. The molecule has 3 aromatic rings. The van der Waals surface area contributed by atoms with Crippen molar-refractivity contribution in [3.63, 3.8) is 0 Å². The van der Waals surface area contributed by atoms with Gasteiger partial charge in [0.05, 0.1) is 12.2 Å². The molecule has 0 spiro atoms. The van der Waals surface area contributed by atoms with Crippen molar-refractivity contribution in [2.45, 2.75) is 40.8 Å². The third-order valence-electron chi connectivity index (χ3n) is 4.15. The number of aliphatic imine (C=N–C) groups is 1. The average molecular weight is 484 g/mol. The van der Waals surface area contributed by atoms with Crippen LogP contribution in [-0.4, -0.2) is 17.5 Å². The Morgan fingerprint density at radius 1 is 1.19 bits per heavy atom. The molecule has 3 rings (SSSR count). The first kappa shape index (κ1) is 20.7. The van der Waals surface area contributed by atoms with E-state index in [9.17, 15) is 0 Å². The van der Waals surface area contributed by atoms with Crippen LogP contribution in [0.15, 0.2) is 33.7 Å². The molecule has 26 heavy (non-hydrogen) atoms. The molecular formula is C19H25IN4OS. The molecule has 0 radical (unpaired) electrons. The number of furan rings is 1. The second-order valence-corrected chi connectivity index (χ2v) is 7.23. The molecule has 0 saturated heterocycles. The minimum atomic E-state index is 0. The van der Waals surface area contributed by atoms with Crippen molar-refractivity contribution in [2.24, 2.45) is 4.99 Å². The Labute approximate surface area is 175 Å². The summed E-state index contributed by atoms with van der Waals surface area (Å²) >= 11 is 1.72. The van der Waals surface area contributed by atoms with E-state index in [1.54, 1.807) is 11.3 Å². The number of benzene rings is 1. The molecule has 0 aliphatic carbocycles. The fourth-order valence-electron chi connectivity index (χ4n) is 2.64. The third kappa shape index (κ3) is 4.76. The van der Waals surface area contributed by atoms with Crippen LogP contribution >= 0.6 is 35.3 Å². The second kappa shape index (κ2) is 9.36. The standard InChI is InChI=1S/C19H24N4OS.HI/c1-5-20-19(22-11-18-23-13(3)14(4)25-18)21-10-17-12(2)15-8-6-7-9-16(15)24-17;/h6-9H,5,10-11H2,1-4H3,(H2,20,21,22);1H. The van der Waals surface area contributed by atoms with Crippen LogP contribution < -0.4 is 10.6 Å². The number of nitrogens with zero attached hydrogens (tertiary/aromatic N) is 2. The molecular weight excluding hydrogens is 459 g/mol. The number of hydrogen-bond donors (Lipinski definition) is 2. The number of fused-ring (bicyclic) bond motifs is 1. The summed E-state index contributed by atoms with van der Waals surface area (Å²) in [6, 6.07) is 8.09. The van der Waals surface area contributed by atoms with Crippen LogP contribution in [0.25, 0.3) is 11.0 Å². The predicted molar refractivity (Wildman–Crippen MR) is 120 cm³/mol. The van der Waals surface area contributed by atoms with E-state index in [-0.39, 0.29) is 24.0 Å². The van der Waals surface area contributed by atoms with E-state index in [4.69, 9.17) is 4.42 Å². The Morgan fingerprint density at radius 2 is 1.96 bits per heavy atom. The Hall–Kier alpha value is -1.61. The molecule has 0 aliphatic rings. The predicted octanol–water partition coefficient (Wildman–Crippen LogP) is 4.69. The number of hydrogen-bond acceptors (Lipinski definition) is 4. The lowest BCUT2D eigenvalue weighted by Gasteiger charge is -2.09. The highest BCUT2D eigenvalue weighted by atomic mass is 127. The van der Waals surface area contributed by atoms with Crippen molar-refractivity contribution in [3.8, 4) is 0 Å². The molecule has 0 amide bonds. The van der Waals surface area contributed by atoms with E-state index in [0.29, 0.717) is 13.1 Å². The molecule has 140 valence electrons. The Bertz CT molecular complexity index is 881. The van der Waals surface area contributed by atoms with E-state index in [1.165, 1.54) is 4.88 Å². The van der Waals surface area contributed by atoms with E-state index in [1.807, 2.05) is 25.1 Å². The highest BCUT2D eigenvalue weighted by molar-refractivity contribution is 14.0. The largest absolute Gasteiger partial charge is 0.459 e. The Kier molecular flexibility index (Phi) is 7.45. The number of aromatic nitrogens is 1. The van der Waals surface area contributed by atoms with Gasteiger partial charge >= 0.3 is 0 Å². The van der Waals surface area contributed by atoms with Gasteiger partial charge in [0.25, 0.3) is 0 Å². The molecule has 1 aromatic carbocycles. The highest BCUT2D eigenvalue weighted by Gasteiger charge is 2.10. The summed E-state index contributed by atoms with van der Waals surface area (Å²) in [5.74, 6) is 1.67. The summed E-state index contributed by atoms with van der Waals surface area (Å²) in [5, 5.41) is 8.84. The Balaban J connectivity index is 0.00000243. The Morgan fingerprint density at radius 3 is 2.62 bits per heavy atom. The van der Waals surface area contributed by atoms with Crippen LogP contribution in [0.2, 0.25) is 0 Å². The molecule has 0 saturated carbocycles. The molecule has 0 atom stereocenters. The molecule has 2 aromatic heterocycles. The zero-order valence-electron chi connectivity index (χ0n) is 15.5. The van der Waals surface area contributed by atoms with Gasteiger partial charge in [-0.15, -0.1) is 35.3 Å². The lowest BCUT2D eigenvalue weighted by Crippen LogP contribution is -2.36. The second-order valence-electron chi connectivity index (χ2n) is 5.94. The third-order valence-corrected chi connectivity index (χ3v) is 5.22. The fourth-order valence-corrected chi connectivity index (χ4v) is 3.52. The van der Waals surface area contributed by atoms with Gasteiger partial charge in [-0.2, -0.15) is 0 Å². The van der Waals surface area contributed by atoms with Gasteiger partial charge in [-0.25, -0.2) is 9.98 Å². The van der Waals surface area contributed by atoms with E-state index in [2.05, 4.69) is 47.4 Å². The summed E-state index contributed by atoms with van der Waals surface area (Å²) in [4.78, 5) is 10.5. The number of nitrogens with one attached hydrogen (secondary N) is 2. The van der Waals surface area contributed by atoms with Gasteiger partial charge < -0.3 is 15.1 Å². The summed E-state index contributed by atoms with van der Waals surface area (Å²) in [6.07, 6.45) is 0. The molecule has 7 heteroatoms. The smallest absolute Gasteiger partial charge is 0.192 e. The van der Waals surface area contributed by atoms with Gasteiger partial charge in [0.2, 0.25) is 0 Å². The quantitative estimate of drug-likeness (QED) is 0.314. The van der Waals surface area contributed by atoms with E-state index >= 15 is 0 Å². The SMILES string of the molecule is CCNC(=NCc1oc2ccccc2c1C)NCc1nc(C)c(C)s1.I. The molecule has 0 fully saturated rings. The van der Waals surface area contributed by atoms with Crippen molar-refractivity contribution in [2.75, 3.05) is 6.54 Å². The van der Waals surface area contributed by atoms with Crippen LogP contribution in [0.4, 0.5) is 0 Å². The van der Waals surface area contributed by atoms with Crippen molar-refractivity contribution in [1.82, 2.24) is 15.6 Å². The zero-order chi connectivity index (χ0) is 17.8. The molecule has 2 N–H and O–H groups in total. The van der Waals surface area contributed by atoms with Crippen molar-refractivity contribution < 1.29 is 4.42 Å². The average Bonchev–Trinajstić information content (AvgIpc) is 3.10. The van der Waals surface area contributed by atoms with E-state index in [0.717, 1.165) is 45.5 Å². The van der Waals surface area contributed by atoms with Crippen LogP contribution in [0, 0.1) is 20.8 Å². The number of para-hydroxylation sites is 1. The molecule has 5 nitrogen and oxygen atoms in total. The normalized spacial score (nSPS) is 11.5. The highest BCUT2D eigenvalue weighted by Crippen LogP contribution is 2.25. The fraction of sp³-hybridized carbons (Fsp3) is 0.368. The van der Waals surface area contributed by atoms with Crippen molar-refractivity contribution in [1.29, 1.82) is 0 Å². The molecule has 0 aliphatic heterocycles. The number of thiazole rings is 1. The van der Waals surface area contributed by atoms with Crippen LogP contribution in [0.3, 0.4) is 0 Å². The van der Waals surface area contributed by atoms with E-state index < -0.39 is 0 Å². The van der Waals surface area contributed by atoms with Crippen LogP contribution in [0.1, 0.15) is 33.8 Å². The van der Waals surface area contributed by atoms with Gasteiger partial charge in [0.1, 0.15) is 22.9 Å². The number of halogens is 1. The monoisotopic (exact) mass is 484 g/mol. The van der Waals surface area contributed by atoms with Gasteiger partial charge in [0.15, 0.2) is 5.96 Å². The minimum Gasteiger partial charge on any atom is -0.459 e. The van der Waals surface area contributed by atoms with Crippen LogP contribution in [-0.2, 0) is 13.1 Å². The van der Waals surface area contributed by atoms with Gasteiger partial charge in [-0.05, 0) is 33.8 Å². The molecule has 0 bridgehead atoms. The van der Waals surface area contributed by atoms with Gasteiger partial charge in [-0.1, -0.05) is 18.2 Å². The summed E-state index contributed by atoms with van der Waals surface area (Å²) in [7, 11) is 0. The lowest BCUT2D eigenvalue weighted by molar-refractivity contribution is 0.548. The maximum absolute atomic E-state index is 5.94. The number of rotatable bonds is 5. The van der Waals surface area contributed by atoms with Crippen molar-refractivity contribution in [3.05, 3.63) is 51.2 Å². The topological polar surface area (TPSA) is 62.5 Å².